The molecule has 0 radical (unpaired) electrons. The minimum Gasteiger partial charge on any atom is -0.478 e. The number of carboxylic acid groups (broad SMARTS) is 1. The van der Waals surface area contributed by atoms with Gasteiger partial charge in [0.25, 0.3) is 0 Å². The van der Waals surface area contributed by atoms with Gasteiger partial charge in [-0.05, 0) is 48.2 Å². The number of ether oxygens (including phenoxy) is 1. The summed E-state index contributed by atoms with van der Waals surface area (Å²) in [6, 6.07) is 12.8. The zero-order chi connectivity index (χ0) is 14.7. The highest BCUT2D eigenvalue weighted by atomic mass is 16.5. The average molecular weight is 270 g/mol. The van der Waals surface area contributed by atoms with Crippen LogP contribution in [0.1, 0.15) is 41.3 Å². The maximum atomic E-state index is 11.2. The molecule has 0 spiro atoms. The van der Waals surface area contributed by atoms with Gasteiger partial charge in [-0.3, -0.25) is 0 Å². The van der Waals surface area contributed by atoms with Crippen molar-refractivity contribution in [1.82, 2.24) is 0 Å². The topological polar surface area (TPSA) is 46.5 Å². The molecule has 0 aliphatic rings. The molecule has 1 N–H and O–H groups in total. The Hall–Kier alpha value is -2.29. The summed E-state index contributed by atoms with van der Waals surface area (Å²) < 4.78 is 5.71. The van der Waals surface area contributed by atoms with Crippen LogP contribution in [0.3, 0.4) is 0 Å². The van der Waals surface area contributed by atoms with Gasteiger partial charge in [0.15, 0.2) is 0 Å². The highest BCUT2D eigenvalue weighted by Crippen LogP contribution is 2.27. The second-order valence-corrected chi connectivity index (χ2v) is 5.13. The molecule has 104 valence electrons. The number of aromatic carboxylic acids is 1. The van der Waals surface area contributed by atoms with E-state index >= 15 is 0 Å². The molecule has 0 aliphatic carbocycles. The fraction of sp³-hybridized carbons (Fsp3) is 0.235. The number of carboxylic acids is 1. The molecule has 3 nitrogen and oxygen atoms in total. The lowest BCUT2D eigenvalue weighted by Crippen LogP contribution is -2.00. The molecule has 0 saturated heterocycles. The van der Waals surface area contributed by atoms with E-state index in [1.165, 1.54) is 5.56 Å². The first-order valence-corrected chi connectivity index (χ1v) is 6.59. The first-order chi connectivity index (χ1) is 9.47. The molecule has 0 atom stereocenters. The van der Waals surface area contributed by atoms with Crippen molar-refractivity contribution in [3.8, 4) is 11.5 Å². The number of hydrogen-bond acceptors (Lipinski definition) is 2. The Labute approximate surface area is 118 Å². The molecule has 2 rings (SSSR count). The molecule has 2 aromatic carbocycles. The molecule has 0 bridgehead atoms. The van der Waals surface area contributed by atoms with Crippen LogP contribution < -0.4 is 4.74 Å². The molecular weight excluding hydrogens is 252 g/mol. The zero-order valence-electron chi connectivity index (χ0n) is 11.9. The molecule has 0 saturated carbocycles. The molecule has 0 amide bonds. The second kappa shape index (κ2) is 5.78. The number of aryl methyl sites for hydroxylation is 1. The van der Waals surface area contributed by atoms with Gasteiger partial charge in [0.05, 0.1) is 0 Å². The van der Waals surface area contributed by atoms with Crippen LogP contribution in [0.5, 0.6) is 11.5 Å². The van der Waals surface area contributed by atoms with Gasteiger partial charge < -0.3 is 9.84 Å². The average Bonchev–Trinajstić information content (AvgIpc) is 2.39. The van der Waals surface area contributed by atoms with Gasteiger partial charge in [0.1, 0.15) is 17.1 Å². The Kier molecular flexibility index (Phi) is 4.08. The molecule has 0 unspecified atom stereocenters. The normalized spacial score (nSPS) is 10.6. The summed E-state index contributed by atoms with van der Waals surface area (Å²) in [7, 11) is 0. The quantitative estimate of drug-likeness (QED) is 0.882. The maximum absolute atomic E-state index is 11.2. The van der Waals surface area contributed by atoms with E-state index in [0.29, 0.717) is 17.4 Å². The molecule has 0 aliphatic heterocycles. The molecule has 2 aromatic rings. The van der Waals surface area contributed by atoms with Crippen molar-refractivity contribution in [2.24, 2.45) is 0 Å². The van der Waals surface area contributed by atoms with Crippen LogP contribution in [0.25, 0.3) is 0 Å². The highest BCUT2D eigenvalue weighted by Gasteiger charge is 2.12. The maximum Gasteiger partial charge on any atom is 0.339 e. The minimum absolute atomic E-state index is 0.170. The predicted molar refractivity (Wildman–Crippen MR) is 78.7 cm³/mol. The lowest BCUT2D eigenvalue weighted by Gasteiger charge is -2.11. The Morgan fingerprint density at radius 1 is 1.10 bits per heavy atom. The summed E-state index contributed by atoms with van der Waals surface area (Å²) in [6.45, 7) is 6.15. The van der Waals surface area contributed by atoms with Crippen molar-refractivity contribution in [2.45, 2.75) is 26.7 Å². The van der Waals surface area contributed by atoms with E-state index in [2.05, 4.69) is 13.8 Å². The van der Waals surface area contributed by atoms with Crippen LogP contribution in [0.15, 0.2) is 42.5 Å². The van der Waals surface area contributed by atoms with E-state index in [-0.39, 0.29) is 5.56 Å². The Morgan fingerprint density at radius 2 is 1.75 bits per heavy atom. The van der Waals surface area contributed by atoms with Crippen LogP contribution in [0, 0.1) is 6.92 Å². The summed E-state index contributed by atoms with van der Waals surface area (Å²) in [5.41, 5.74) is 2.35. The van der Waals surface area contributed by atoms with Gasteiger partial charge >= 0.3 is 5.97 Å². The van der Waals surface area contributed by atoms with Gasteiger partial charge in [-0.2, -0.15) is 0 Å². The standard InChI is InChI=1S/C17H18O3/c1-11(2)13-5-7-14(8-6-13)20-16-10-12(3)4-9-15(16)17(18)19/h4-11H,1-3H3,(H,18,19). The lowest BCUT2D eigenvalue weighted by atomic mass is 10.0. The van der Waals surface area contributed by atoms with Crippen molar-refractivity contribution in [3.05, 3.63) is 59.2 Å². The van der Waals surface area contributed by atoms with Gasteiger partial charge in [0.2, 0.25) is 0 Å². The molecule has 3 heteroatoms. The van der Waals surface area contributed by atoms with E-state index in [1.807, 2.05) is 31.2 Å². The number of rotatable bonds is 4. The van der Waals surface area contributed by atoms with Crippen molar-refractivity contribution in [2.75, 3.05) is 0 Å². The van der Waals surface area contributed by atoms with Crippen molar-refractivity contribution < 1.29 is 14.6 Å². The summed E-state index contributed by atoms with van der Waals surface area (Å²) in [5.74, 6) is 0.480. The van der Waals surface area contributed by atoms with Crippen LogP contribution in [-0.4, -0.2) is 11.1 Å². The third-order valence-electron chi connectivity index (χ3n) is 3.14. The molecule has 0 aromatic heterocycles. The van der Waals surface area contributed by atoms with Crippen molar-refractivity contribution in [3.63, 3.8) is 0 Å². The van der Waals surface area contributed by atoms with Crippen LogP contribution >= 0.6 is 0 Å². The van der Waals surface area contributed by atoms with E-state index in [0.717, 1.165) is 5.56 Å². The fourth-order valence-corrected chi connectivity index (χ4v) is 1.94. The molecule has 0 heterocycles. The molecular formula is C17H18O3. The van der Waals surface area contributed by atoms with E-state index in [1.54, 1.807) is 18.2 Å². The van der Waals surface area contributed by atoms with Gasteiger partial charge in [-0.1, -0.05) is 32.0 Å². The number of hydrogen-bond donors (Lipinski definition) is 1. The third-order valence-corrected chi connectivity index (χ3v) is 3.14. The van der Waals surface area contributed by atoms with Crippen molar-refractivity contribution >= 4 is 5.97 Å². The van der Waals surface area contributed by atoms with Crippen LogP contribution in [0.4, 0.5) is 0 Å². The second-order valence-electron chi connectivity index (χ2n) is 5.13. The van der Waals surface area contributed by atoms with E-state index in [9.17, 15) is 9.90 Å². The van der Waals surface area contributed by atoms with Crippen molar-refractivity contribution in [1.29, 1.82) is 0 Å². The summed E-state index contributed by atoms with van der Waals surface area (Å²) in [6.07, 6.45) is 0. The van der Waals surface area contributed by atoms with Gasteiger partial charge in [-0.25, -0.2) is 4.79 Å². The van der Waals surface area contributed by atoms with Gasteiger partial charge in [0, 0.05) is 0 Å². The van der Waals surface area contributed by atoms with E-state index in [4.69, 9.17) is 4.74 Å². The number of carbonyl (C=O) groups is 1. The monoisotopic (exact) mass is 270 g/mol. The Morgan fingerprint density at radius 3 is 2.30 bits per heavy atom. The number of benzene rings is 2. The van der Waals surface area contributed by atoms with Gasteiger partial charge in [-0.15, -0.1) is 0 Å². The molecule has 0 fully saturated rings. The smallest absolute Gasteiger partial charge is 0.339 e. The zero-order valence-corrected chi connectivity index (χ0v) is 11.9. The van der Waals surface area contributed by atoms with Crippen LogP contribution in [-0.2, 0) is 0 Å². The van der Waals surface area contributed by atoms with Crippen LogP contribution in [0.2, 0.25) is 0 Å². The minimum atomic E-state index is -0.987. The first-order valence-electron chi connectivity index (χ1n) is 6.59. The Bertz CT molecular complexity index is 613. The third kappa shape index (κ3) is 3.18. The fourth-order valence-electron chi connectivity index (χ4n) is 1.94. The summed E-state index contributed by atoms with van der Waals surface area (Å²) in [5, 5.41) is 9.17. The predicted octanol–water partition coefficient (Wildman–Crippen LogP) is 4.61. The SMILES string of the molecule is Cc1ccc(C(=O)O)c(Oc2ccc(C(C)C)cc2)c1. The highest BCUT2D eigenvalue weighted by molar-refractivity contribution is 5.91. The first kappa shape index (κ1) is 14.1. The largest absolute Gasteiger partial charge is 0.478 e. The summed E-state index contributed by atoms with van der Waals surface area (Å²) >= 11 is 0. The lowest BCUT2D eigenvalue weighted by molar-refractivity contribution is 0.0694. The summed E-state index contributed by atoms with van der Waals surface area (Å²) in [4.78, 5) is 11.2. The Balaban J connectivity index is 2.29. The molecule has 20 heavy (non-hydrogen) atoms. The van der Waals surface area contributed by atoms with E-state index < -0.39 is 5.97 Å².